The summed E-state index contributed by atoms with van der Waals surface area (Å²) in [6.07, 6.45) is 4.33. The molecular formula is C24H32F3NO4S. The molecule has 1 aromatic carbocycles. The predicted octanol–water partition coefficient (Wildman–Crippen LogP) is 6.44. The Hall–Kier alpha value is -2.39. The number of hydrogen-bond acceptors (Lipinski definition) is 4. The van der Waals surface area contributed by atoms with E-state index in [2.05, 4.69) is 109 Å². The van der Waals surface area contributed by atoms with E-state index in [0.717, 1.165) is 11.5 Å². The normalized spacial score (nSPS) is 13.0. The van der Waals surface area contributed by atoms with Crippen molar-refractivity contribution in [2.75, 3.05) is 19.0 Å². The van der Waals surface area contributed by atoms with Crippen molar-refractivity contribution in [2.24, 2.45) is 0 Å². The highest BCUT2D eigenvalue weighted by Crippen LogP contribution is 2.31. The second kappa shape index (κ2) is 10.3. The van der Waals surface area contributed by atoms with Gasteiger partial charge in [-0.05, 0) is 64.8 Å². The molecule has 0 aliphatic heterocycles. The van der Waals surface area contributed by atoms with E-state index in [1.165, 1.54) is 16.8 Å². The fourth-order valence-electron chi connectivity index (χ4n) is 2.43. The summed E-state index contributed by atoms with van der Waals surface area (Å²) < 4.78 is 65.1. The first-order chi connectivity index (χ1) is 14.7. The average molecular weight is 488 g/mol. The Kier molecular flexibility index (Phi) is 8.90. The molecule has 33 heavy (non-hydrogen) atoms. The summed E-state index contributed by atoms with van der Waals surface area (Å²) in [5, 5.41) is 0. The third-order valence-corrected chi connectivity index (χ3v) is 5.02. The summed E-state index contributed by atoms with van der Waals surface area (Å²) in [4.78, 5) is 2.11. The molecule has 2 rings (SSSR count). The zero-order valence-electron chi connectivity index (χ0n) is 20.2. The fourth-order valence-corrected chi connectivity index (χ4v) is 2.43. The van der Waals surface area contributed by atoms with Crippen LogP contribution >= 0.6 is 0 Å². The number of anilines is 1. The van der Waals surface area contributed by atoms with Gasteiger partial charge in [-0.15, -0.1) is 0 Å². The Morgan fingerprint density at radius 1 is 0.818 bits per heavy atom. The molecule has 0 atom stereocenters. The van der Waals surface area contributed by atoms with E-state index in [4.69, 9.17) is 17.4 Å². The largest absolute Gasteiger partial charge is 0.741 e. The van der Waals surface area contributed by atoms with Crippen LogP contribution in [0.15, 0.2) is 40.8 Å². The lowest BCUT2D eigenvalue weighted by molar-refractivity contribution is -0.0517. The van der Waals surface area contributed by atoms with Crippen LogP contribution in [0.4, 0.5) is 18.9 Å². The van der Waals surface area contributed by atoms with Crippen molar-refractivity contribution in [3.8, 4) is 0 Å². The first-order valence-corrected chi connectivity index (χ1v) is 11.6. The number of rotatable bonds is 3. The van der Waals surface area contributed by atoms with Crippen molar-refractivity contribution in [1.29, 1.82) is 0 Å². The molecule has 0 N–H and O–H groups in total. The molecule has 0 bridgehead atoms. The van der Waals surface area contributed by atoms with Gasteiger partial charge in [-0.3, -0.25) is 0 Å². The van der Waals surface area contributed by atoms with Crippen molar-refractivity contribution in [3.05, 3.63) is 59.0 Å². The maximum atomic E-state index is 10.7. The lowest BCUT2D eigenvalue weighted by atomic mass is 9.88. The van der Waals surface area contributed by atoms with Gasteiger partial charge >= 0.3 is 17.0 Å². The van der Waals surface area contributed by atoms with Crippen LogP contribution in [-0.2, 0) is 20.9 Å². The van der Waals surface area contributed by atoms with Gasteiger partial charge < -0.3 is 9.45 Å². The molecule has 0 radical (unpaired) electrons. The third-order valence-electron chi connectivity index (χ3n) is 4.46. The van der Waals surface area contributed by atoms with Crippen LogP contribution in [0.3, 0.4) is 0 Å². The summed E-state index contributed by atoms with van der Waals surface area (Å²) in [5.41, 5.74) is -2.10. The van der Waals surface area contributed by atoms with Crippen molar-refractivity contribution in [3.63, 3.8) is 0 Å². The molecule has 9 heteroatoms. The van der Waals surface area contributed by atoms with Crippen LogP contribution in [0.2, 0.25) is 0 Å². The highest BCUT2D eigenvalue weighted by atomic mass is 32.2. The van der Waals surface area contributed by atoms with Crippen molar-refractivity contribution < 1.29 is 30.6 Å². The Labute approximate surface area is 194 Å². The quantitative estimate of drug-likeness (QED) is 0.283. The predicted molar refractivity (Wildman–Crippen MR) is 126 cm³/mol. The zero-order chi connectivity index (χ0) is 25.8. The van der Waals surface area contributed by atoms with Gasteiger partial charge in [-0.1, -0.05) is 24.3 Å². The van der Waals surface area contributed by atoms with E-state index in [1.54, 1.807) is 0 Å². The zero-order valence-corrected chi connectivity index (χ0v) is 21.1. The Morgan fingerprint density at radius 3 is 1.48 bits per heavy atom. The molecule has 1 aromatic heterocycles. The summed E-state index contributed by atoms with van der Waals surface area (Å²) >= 11 is 0. The molecule has 0 aliphatic rings. The second-order valence-electron chi connectivity index (χ2n) is 9.84. The minimum absolute atomic E-state index is 0.0167. The van der Waals surface area contributed by atoms with Gasteiger partial charge in [-0.25, -0.2) is 12.8 Å². The van der Waals surface area contributed by atoms with Crippen LogP contribution in [-0.4, -0.2) is 32.6 Å². The molecule has 5 nitrogen and oxygen atoms in total. The van der Waals surface area contributed by atoms with Crippen molar-refractivity contribution >= 4 is 28.0 Å². The van der Waals surface area contributed by atoms with Crippen molar-refractivity contribution in [2.45, 2.75) is 57.9 Å². The minimum Gasteiger partial charge on any atom is -0.741 e. The van der Waals surface area contributed by atoms with E-state index in [-0.39, 0.29) is 10.8 Å². The number of alkyl halides is 3. The molecule has 0 spiro atoms. The Balaban J connectivity index is 0.000000582. The number of nitrogens with zero attached hydrogens (tertiary/aromatic N) is 1. The molecule has 0 saturated heterocycles. The number of benzene rings is 1. The van der Waals surface area contributed by atoms with Gasteiger partial charge in [0.25, 0.3) is 0 Å². The van der Waals surface area contributed by atoms with Crippen LogP contribution in [0.25, 0.3) is 12.2 Å². The smallest absolute Gasteiger partial charge is 0.485 e. The van der Waals surface area contributed by atoms with Crippen LogP contribution in [0.1, 0.15) is 64.2 Å². The van der Waals surface area contributed by atoms with Gasteiger partial charge in [-0.2, -0.15) is 13.2 Å². The molecule has 184 valence electrons. The highest BCUT2D eigenvalue weighted by Gasteiger charge is 2.37. The maximum absolute atomic E-state index is 10.7. The van der Waals surface area contributed by atoms with Crippen LogP contribution < -0.4 is 4.90 Å². The van der Waals surface area contributed by atoms with E-state index >= 15 is 0 Å². The van der Waals surface area contributed by atoms with E-state index < -0.39 is 15.6 Å². The maximum Gasteiger partial charge on any atom is 0.485 e. The van der Waals surface area contributed by atoms with Crippen LogP contribution in [0, 0.1) is 0 Å². The van der Waals surface area contributed by atoms with Gasteiger partial charge in [0, 0.05) is 31.9 Å². The van der Waals surface area contributed by atoms with Crippen molar-refractivity contribution in [1.82, 2.24) is 0 Å². The van der Waals surface area contributed by atoms with E-state index in [1.807, 2.05) is 0 Å². The molecule has 0 aliphatic carbocycles. The standard InChI is InChI=1S/C23H32NO.CHF3O3S/c1-22(2,3)20-15-18(16-21(25-20)23(4,5)6)10-9-17-11-13-19(14-12-17)24(7)8;2-1(3,4)8(5,6)7/h9-16H,1-8H3;(H,5,6,7)/q+1;/p-1/b10-9+;. The van der Waals surface area contributed by atoms with Crippen LogP contribution in [0.5, 0.6) is 0 Å². The highest BCUT2D eigenvalue weighted by molar-refractivity contribution is 7.86. The molecule has 1 heterocycles. The Morgan fingerprint density at radius 2 is 1.18 bits per heavy atom. The third kappa shape index (κ3) is 9.17. The molecular weight excluding hydrogens is 455 g/mol. The molecule has 0 fully saturated rings. The van der Waals surface area contributed by atoms with E-state index in [0.29, 0.717) is 0 Å². The SMILES string of the molecule is CN(C)c1ccc(/C=C/c2cc(C(C)(C)C)[o+]c(C(C)(C)C)c2)cc1.O=S(=O)([O-])C(F)(F)F. The summed E-state index contributed by atoms with van der Waals surface area (Å²) in [7, 11) is -1.98. The first kappa shape index (κ1) is 28.6. The molecule has 0 unspecified atom stereocenters. The summed E-state index contributed by atoms with van der Waals surface area (Å²) in [6.45, 7) is 13.1. The Bertz CT molecular complexity index is 1030. The van der Waals surface area contributed by atoms with Gasteiger partial charge in [0.15, 0.2) is 10.1 Å². The topological polar surface area (TPSA) is 71.7 Å². The summed E-state index contributed by atoms with van der Waals surface area (Å²) in [6, 6.07) is 12.9. The monoisotopic (exact) mass is 487 g/mol. The molecule has 0 amide bonds. The van der Waals surface area contributed by atoms with E-state index in [9.17, 15) is 13.2 Å². The fraction of sp³-hybridized carbons (Fsp3) is 0.458. The first-order valence-electron chi connectivity index (χ1n) is 10.2. The lowest BCUT2D eigenvalue weighted by Crippen LogP contribution is -2.21. The molecule has 2 aromatic rings. The number of hydrogen-bond donors (Lipinski definition) is 0. The van der Waals surface area contributed by atoms with Gasteiger partial charge in [0.1, 0.15) is 0 Å². The number of halogens is 3. The average Bonchev–Trinajstić information content (AvgIpc) is 2.64. The second-order valence-corrected chi connectivity index (χ2v) is 11.2. The summed E-state index contributed by atoms with van der Waals surface area (Å²) in [5.74, 6) is 2.03. The minimum atomic E-state index is -6.09. The molecule has 0 saturated carbocycles. The van der Waals surface area contributed by atoms with Gasteiger partial charge in [0.05, 0.1) is 10.8 Å². The van der Waals surface area contributed by atoms with Gasteiger partial charge in [0.2, 0.25) is 0 Å². The lowest BCUT2D eigenvalue weighted by Gasteiger charge is -2.14.